The Morgan fingerprint density at radius 2 is 2.06 bits per heavy atom. The van der Waals surface area contributed by atoms with Gasteiger partial charge in [0, 0.05) is 36.7 Å². The minimum absolute atomic E-state index is 0.332. The van der Waals surface area contributed by atoms with Crippen LogP contribution in [0.5, 0.6) is 5.75 Å². The number of anilines is 1. The van der Waals surface area contributed by atoms with Crippen molar-refractivity contribution in [1.29, 1.82) is 5.26 Å². The minimum Gasteiger partial charge on any atom is -0.493 e. The maximum atomic E-state index is 11.9. The van der Waals surface area contributed by atoms with Crippen LogP contribution in [0.4, 0.5) is 10.5 Å². The van der Waals surface area contributed by atoms with Crippen LogP contribution >= 0.6 is 0 Å². The molecule has 0 N–H and O–H groups in total. The molecule has 0 saturated carbocycles. The molecule has 5 rings (SSSR count). The molecule has 34 heavy (non-hydrogen) atoms. The van der Waals surface area contributed by atoms with E-state index in [0.29, 0.717) is 31.9 Å². The SMILES string of the molecule is CCn1c(-c2ccc(N3CCOC3=O)cc2)c(C#N)c2ccc(OCCCn3cncn3)cc21. The minimum atomic E-state index is -0.332. The average molecular weight is 457 g/mol. The molecule has 9 heteroatoms. The van der Waals surface area contributed by atoms with E-state index in [1.807, 2.05) is 42.5 Å². The molecule has 0 radical (unpaired) electrons. The maximum absolute atomic E-state index is 11.9. The number of amides is 1. The molecule has 3 heterocycles. The Labute approximate surface area is 196 Å². The van der Waals surface area contributed by atoms with Crippen molar-refractivity contribution in [3.05, 3.63) is 60.7 Å². The van der Waals surface area contributed by atoms with Crippen LogP contribution in [0.15, 0.2) is 55.1 Å². The molecule has 0 spiro atoms. The third-order valence-electron chi connectivity index (χ3n) is 5.94. The number of hydrogen-bond donors (Lipinski definition) is 0. The molecule has 0 bridgehead atoms. The molecule has 0 aliphatic carbocycles. The Hall–Kier alpha value is -4.32. The van der Waals surface area contributed by atoms with Crippen LogP contribution in [0.1, 0.15) is 18.9 Å². The predicted octanol–water partition coefficient (Wildman–Crippen LogP) is 4.22. The molecule has 1 amide bonds. The average Bonchev–Trinajstić information content (AvgIpc) is 3.60. The highest BCUT2D eigenvalue weighted by Crippen LogP contribution is 2.36. The lowest BCUT2D eigenvalue weighted by Crippen LogP contribution is -2.23. The summed E-state index contributed by atoms with van der Waals surface area (Å²) in [5.74, 6) is 0.761. The monoisotopic (exact) mass is 456 g/mol. The first-order valence-electron chi connectivity index (χ1n) is 11.3. The van der Waals surface area contributed by atoms with E-state index >= 15 is 0 Å². The number of carbonyl (C=O) groups excluding carboxylic acids is 1. The fraction of sp³-hybridized carbons (Fsp3) is 0.280. The molecular weight excluding hydrogens is 432 g/mol. The predicted molar refractivity (Wildman–Crippen MR) is 127 cm³/mol. The van der Waals surface area contributed by atoms with Gasteiger partial charge in [0.25, 0.3) is 0 Å². The molecule has 0 atom stereocenters. The fourth-order valence-corrected chi connectivity index (χ4v) is 4.35. The number of ether oxygens (including phenoxy) is 2. The van der Waals surface area contributed by atoms with Crippen molar-refractivity contribution in [2.24, 2.45) is 0 Å². The van der Waals surface area contributed by atoms with Crippen molar-refractivity contribution >= 4 is 22.7 Å². The van der Waals surface area contributed by atoms with Crippen molar-refractivity contribution < 1.29 is 14.3 Å². The van der Waals surface area contributed by atoms with Crippen LogP contribution < -0.4 is 9.64 Å². The second kappa shape index (κ2) is 9.27. The van der Waals surface area contributed by atoms with E-state index in [2.05, 4.69) is 27.6 Å². The van der Waals surface area contributed by atoms with Gasteiger partial charge in [0.05, 0.1) is 29.9 Å². The number of aryl methyl sites for hydroxylation is 2. The van der Waals surface area contributed by atoms with Gasteiger partial charge in [0.1, 0.15) is 31.1 Å². The molecule has 2 aromatic carbocycles. The number of hydrogen-bond acceptors (Lipinski definition) is 6. The van der Waals surface area contributed by atoms with Crippen LogP contribution in [0, 0.1) is 11.3 Å². The highest BCUT2D eigenvalue weighted by molar-refractivity contribution is 5.96. The van der Waals surface area contributed by atoms with Gasteiger partial charge >= 0.3 is 6.09 Å². The standard InChI is InChI=1S/C25H24N6O3/c1-2-30-23-14-20(33-12-3-10-29-17-27-16-28-29)8-9-21(23)22(15-26)24(30)18-4-6-19(7-5-18)31-11-13-34-25(31)32/h4-9,14,16-17H,2-3,10-13H2,1H3. The molecule has 1 saturated heterocycles. The van der Waals surface area contributed by atoms with Crippen LogP contribution in [-0.2, 0) is 17.8 Å². The third kappa shape index (κ3) is 3.94. The van der Waals surface area contributed by atoms with E-state index in [9.17, 15) is 10.1 Å². The largest absolute Gasteiger partial charge is 0.493 e. The molecular formula is C25H24N6O3. The second-order valence-corrected chi connectivity index (χ2v) is 7.93. The summed E-state index contributed by atoms with van der Waals surface area (Å²) in [6.45, 7) is 4.98. The number of carbonyl (C=O) groups is 1. The third-order valence-corrected chi connectivity index (χ3v) is 5.94. The van der Waals surface area contributed by atoms with Crippen molar-refractivity contribution in [3.8, 4) is 23.1 Å². The molecule has 1 aliphatic rings. The van der Waals surface area contributed by atoms with Crippen molar-refractivity contribution in [2.45, 2.75) is 26.4 Å². The summed E-state index contributed by atoms with van der Waals surface area (Å²) >= 11 is 0. The summed E-state index contributed by atoms with van der Waals surface area (Å²) in [5.41, 5.74) is 4.14. The Kier molecular flexibility index (Phi) is 5.87. The Balaban J connectivity index is 1.42. The zero-order valence-corrected chi connectivity index (χ0v) is 18.8. The topological polar surface area (TPSA) is 98.2 Å². The summed E-state index contributed by atoms with van der Waals surface area (Å²) in [4.78, 5) is 17.4. The zero-order chi connectivity index (χ0) is 23.5. The first kappa shape index (κ1) is 21.5. The first-order valence-corrected chi connectivity index (χ1v) is 11.3. The van der Waals surface area contributed by atoms with Gasteiger partial charge in [0.15, 0.2) is 0 Å². The van der Waals surface area contributed by atoms with Crippen LogP contribution in [0.25, 0.3) is 22.2 Å². The Morgan fingerprint density at radius 3 is 2.74 bits per heavy atom. The lowest BCUT2D eigenvalue weighted by molar-refractivity contribution is 0.181. The second-order valence-electron chi connectivity index (χ2n) is 7.93. The van der Waals surface area contributed by atoms with Crippen LogP contribution in [-0.4, -0.2) is 45.2 Å². The smallest absolute Gasteiger partial charge is 0.414 e. The van der Waals surface area contributed by atoms with Crippen molar-refractivity contribution in [2.75, 3.05) is 24.7 Å². The summed E-state index contributed by atoms with van der Waals surface area (Å²) in [5, 5.41) is 15.0. The van der Waals surface area contributed by atoms with E-state index in [1.165, 1.54) is 6.33 Å². The zero-order valence-electron chi connectivity index (χ0n) is 18.8. The summed E-state index contributed by atoms with van der Waals surface area (Å²) < 4.78 is 14.9. The van der Waals surface area contributed by atoms with E-state index in [1.54, 1.807) is 15.9 Å². The number of rotatable bonds is 8. The number of cyclic esters (lactones) is 1. The van der Waals surface area contributed by atoms with Crippen LogP contribution in [0.2, 0.25) is 0 Å². The van der Waals surface area contributed by atoms with Gasteiger partial charge in [-0.15, -0.1) is 0 Å². The van der Waals surface area contributed by atoms with Crippen molar-refractivity contribution in [3.63, 3.8) is 0 Å². The summed E-state index contributed by atoms with van der Waals surface area (Å²) in [6.07, 6.45) is 3.68. The fourth-order valence-electron chi connectivity index (χ4n) is 4.35. The quantitative estimate of drug-likeness (QED) is 0.368. The van der Waals surface area contributed by atoms with E-state index in [-0.39, 0.29) is 6.09 Å². The van der Waals surface area contributed by atoms with Gasteiger partial charge in [0.2, 0.25) is 0 Å². The normalized spacial score (nSPS) is 13.3. The van der Waals surface area contributed by atoms with Gasteiger partial charge in [-0.2, -0.15) is 10.4 Å². The van der Waals surface area contributed by atoms with E-state index in [0.717, 1.165) is 46.6 Å². The summed E-state index contributed by atoms with van der Waals surface area (Å²) in [6, 6.07) is 15.9. The van der Waals surface area contributed by atoms with Gasteiger partial charge in [-0.1, -0.05) is 12.1 Å². The Morgan fingerprint density at radius 1 is 1.21 bits per heavy atom. The van der Waals surface area contributed by atoms with Crippen LogP contribution in [0.3, 0.4) is 0 Å². The lowest BCUT2D eigenvalue weighted by atomic mass is 10.1. The van der Waals surface area contributed by atoms with Gasteiger partial charge in [-0.3, -0.25) is 9.58 Å². The molecule has 2 aromatic heterocycles. The molecule has 1 fully saturated rings. The van der Waals surface area contributed by atoms with Crippen molar-refractivity contribution in [1.82, 2.24) is 19.3 Å². The molecule has 0 unspecified atom stereocenters. The van der Waals surface area contributed by atoms with E-state index < -0.39 is 0 Å². The molecule has 1 aliphatic heterocycles. The lowest BCUT2D eigenvalue weighted by Gasteiger charge is -2.14. The molecule has 9 nitrogen and oxygen atoms in total. The molecule has 172 valence electrons. The highest BCUT2D eigenvalue weighted by Gasteiger charge is 2.24. The number of benzene rings is 2. The molecule has 4 aromatic rings. The van der Waals surface area contributed by atoms with Gasteiger partial charge < -0.3 is 14.0 Å². The van der Waals surface area contributed by atoms with Gasteiger partial charge in [-0.05, 0) is 36.8 Å². The maximum Gasteiger partial charge on any atom is 0.414 e. The summed E-state index contributed by atoms with van der Waals surface area (Å²) in [7, 11) is 0. The van der Waals surface area contributed by atoms with Gasteiger partial charge in [-0.25, -0.2) is 9.78 Å². The highest BCUT2D eigenvalue weighted by atomic mass is 16.6. The number of nitriles is 1. The van der Waals surface area contributed by atoms with E-state index in [4.69, 9.17) is 9.47 Å². The number of aromatic nitrogens is 4. The Bertz CT molecular complexity index is 1350. The number of fused-ring (bicyclic) bond motifs is 1. The first-order chi connectivity index (χ1) is 16.7. The number of nitrogens with zero attached hydrogens (tertiary/aromatic N) is 6.